The molecule has 3 aliphatic rings. The third kappa shape index (κ3) is 2.75. The number of hydrogen-bond acceptors (Lipinski definition) is 3. The van der Waals surface area contributed by atoms with Gasteiger partial charge in [-0.1, -0.05) is 18.2 Å². The Morgan fingerprint density at radius 1 is 1.27 bits per heavy atom. The monoisotopic (exact) mass is 322 g/mol. The van der Waals surface area contributed by atoms with Crippen molar-refractivity contribution in [2.24, 2.45) is 17.6 Å². The summed E-state index contributed by atoms with van der Waals surface area (Å²) in [6.07, 6.45) is 3.56. The summed E-state index contributed by atoms with van der Waals surface area (Å²) in [4.78, 5) is 2.58. The molecule has 3 nitrogen and oxygen atoms in total. The number of likely N-dealkylation sites (tertiary alicyclic amines) is 1. The van der Waals surface area contributed by atoms with Crippen molar-refractivity contribution in [1.82, 2.24) is 4.90 Å². The van der Waals surface area contributed by atoms with E-state index in [2.05, 4.69) is 36.9 Å². The Hall–Kier alpha value is -0.770. The number of rotatable bonds is 2. The molecule has 2 aliphatic heterocycles. The fourth-order valence-electron chi connectivity index (χ4n) is 4.57. The van der Waals surface area contributed by atoms with Crippen LogP contribution in [-0.4, -0.2) is 29.6 Å². The fourth-order valence-corrected chi connectivity index (χ4v) is 4.57. The summed E-state index contributed by atoms with van der Waals surface area (Å²) in [6, 6.07) is 7.05. The van der Waals surface area contributed by atoms with E-state index in [0.717, 1.165) is 30.6 Å². The number of benzene rings is 1. The number of halogens is 1. The predicted molar refractivity (Wildman–Crippen MR) is 91.6 cm³/mol. The van der Waals surface area contributed by atoms with Crippen LogP contribution >= 0.6 is 12.4 Å². The zero-order chi connectivity index (χ0) is 14.6. The van der Waals surface area contributed by atoms with Gasteiger partial charge in [-0.05, 0) is 44.1 Å². The normalized spacial score (nSPS) is 32.2. The van der Waals surface area contributed by atoms with E-state index in [1.807, 2.05) is 0 Å². The average Bonchev–Trinajstić information content (AvgIpc) is 3.04. The maximum Gasteiger partial charge on any atom is 0.127 e. The lowest BCUT2D eigenvalue weighted by molar-refractivity contribution is 0.135. The number of nitrogens with zero attached hydrogens (tertiary/aromatic N) is 1. The molecule has 1 aromatic rings. The zero-order valence-electron chi connectivity index (χ0n) is 13.5. The van der Waals surface area contributed by atoms with E-state index in [0.29, 0.717) is 6.04 Å². The van der Waals surface area contributed by atoms with Crippen LogP contribution in [0.3, 0.4) is 0 Å². The van der Waals surface area contributed by atoms with Crippen molar-refractivity contribution in [3.63, 3.8) is 0 Å². The first-order valence-corrected chi connectivity index (χ1v) is 8.29. The van der Waals surface area contributed by atoms with E-state index in [9.17, 15) is 0 Å². The van der Waals surface area contributed by atoms with Crippen LogP contribution in [0.25, 0.3) is 0 Å². The molecule has 122 valence electrons. The average molecular weight is 323 g/mol. The largest absolute Gasteiger partial charge is 0.487 e. The van der Waals surface area contributed by atoms with Gasteiger partial charge in [0.05, 0.1) is 0 Å². The highest BCUT2D eigenvalue weighted by atomic mass is 35.5. The summed E-state index contributed by atoms with van der Waals surface area (Å²) in [6.45, 7) is 7.75. The highest BCUT2D eigenvalue weighted by Crippen LogP contribution is 2.41. The van der Waals surface area contributed by atoms with E-state index in [1.165, 1.54) is 37.1 Å². The molecule has 0 bridgehead atoms. The third-order valence-electron chi connectivity index (χ3n) is 5.55. The van der Waals surface area contributed by atoms with E-state index in [1.54, 1.807) is 0 Å². The standard InChI is InChI=1S/C18H26N2O.ClH/c1-18(2)8-12-4-3-5-14(17(12)21-18)10-20-9-13-6-7-16(19)15(13)11-20;/h3-5,13,15-16H,6-11,19H2,1-2H3;1H. The van der Waals surface area contributed by atoms with Gasteiger partial charge in [0.15, 0.2) is 0 Å². The lowest BCUT2D eigenvalue weighted by atomic mass is 9.98. The molecule has 0 spiro atoms. The molecule has 4 rings (SSSR count). The Labute approximate surface area is 139 Å². The summed E-state index contributed by atoms with van der Waals surface area (Å²) < 4.78 is 6.20. The van der Waals surface area contributed by atoms with Crippen molar-refractivity contribution < 1.29 is 4.74 Å². The first-order chi connectivity index (χ1) is 10.0. The van der Waals surface area contributed by atoms with Gasteiger partial charge in [0.2, 0.25) is 0 Å². The molecule has 2 N–H and O–H groups in total. The SMILES string of the molecule is CC1(C)Cc2cccc(CN3CC4CCC(N)C4C3)c2O1.Cl. The quantitative estimate of drug-likeness (QED) is 0.909. The maximum atomic E-state index is 6.25. The van der Waals surface area contributed by atoms with Crippen LogP contribution in [0.1, 0.15) is 37.8 Å². The van der Waals surface area contributed by atoms with Crippen molar-refractivity contribution >= 4 is 12.4 Å². The zero-order valence-corrected chi connectivity index (χ0v) is 14.4. The molecule has 2 heterocycles. The minimum atomic E-state index is -0.0533. The van der Waals surface area contributed by atoms with Crippen LogP contribution in [0.2, 0.25) is 0 Å². The summed E-state index contributed by atoms with van der Waals surface area (Å²) in [5, 5.41) is 0. The minimum absolute atomic E-state index is 0. The summed E-state index contributed by atoms with van der Waals surface area (Å²) in [5.41, 5.74) is 8.92. The number of ether oxygens (including phenoxy) is 1. The van der Waals surface area contributed by atoms with Gasteiger partial charge in [-0.25, -0.2) is 0 Å². The number of fused-ring (bicyclic) bond motifs is 2. The topological polar surface area (TPSA) is 38.5 Å². The van der Waals surface area contributed by atoms with Gasteiger partial charge < -0.3 is 10.5 Å². The molecule has 1 saturated carbocycles. The molecule has 0 radical (unpaired) electrons. The second kappa shape index (κ2) is 5.70. The van der Waals surface area contributed by atoms with Crippen LogP contribution in [0, 0.1) is 11.8 Å². The van der Waals surface area contributed by atoms with E-state index in [4.69, 9.17) is 10.5 Å². The van der Waals surface area contributed by atoms with E-state index < -0.39 is 0 Å². The molecule has 4 heteroatoms. The highest BCUT2D eigenvalue weighted by Gasteiger charge is 2.41. The molecule has 3 atom stereocenters. The molecule has 1 saturated heterocycles. The van der Waals surface area contributed by atoms with Crippen LogP contribution in [0.5, 0.6) is 5.75 Å². The predicted octanol–water partition coefficient (Wildman–Crippen LogP) is 2.99. The molecule has 2 fully saturated rings. The van der Waals surface area contributed by atoms with Crippen LogP contribution in [-0.2, 0) is 13.0 Å². The fraction of sp³-hybridized carbons (Fsp3) is 0.667. The molecular weight excluding hydrogens is 296 g/mol. The Bertz CT molecular complexity index is 560. The van der Waals surface area contributed by atoms with Crippen molar-refractivity contribution in [2.45, 2.75) is 51.3 Å². The van der Waals surface area contributed by atoms with Gasteiger partial charge in [-0.15, -0.1) is 12.4 Å². The minimum Gasteiger partial charge on any atom is -0.487 e. The van der Waals surface area contributed by atoms with Crippen molar-refractivity contribution in [3.05, 3.63) is 29.3 Å². The van der Waals surface area contributed by atoms with Gasteiger partial charge >= 0.3 is 0 Å². The Kier molecular flexibility index (Phi) is 4.17. The first-order valence-electron chi connectivity index (χ1n) is 8.29. The summed E-state index contributed by atoms with van der Waals surface area (Å²) >= 11 is 0. The molecular formula is C18H27ClN2O. The van der Waals surface area contributed by atoms with Crippen LogP contribution in [0.15, 0.2) is 18.2 Å². The summed E-state index contributed by atoms with van der Waals surface area (Å²) in [7, 11) is 0. The highest BCUT2D eigenvalue weighted by molar-refractivity contribution is 5.85. The van der Waals surface area contributed by atoms with Gasteiger partial charge in [-0.3, -0.25) is 4.90 Å². The van der Waals surface area contributed by atoms with Gasteiger partial charge in [0, 0.05) is 37.7 Å². The van der Waals surface area contributed by atoms with Crippen LogP contribution in [0.4, 0.5) is 0 Å². The maximum absolute atomic E-state index is 6.25. The molecule has 1 aromatic carbocycles. The van der Waals surface area contributed by atoms with Crippen molar-refractivity contribution in [3.8, 4) is 5.75 Å². The van der Waals surface area contributed by atoms with E-state index in [-0.39, 0.29) is 18.0 Å². The molecule has 0 aromatic heterocycles. The van der Waals surface area contributed by atoms with Gasteiger partial charge in [-0.2, -0.15) is 0 Å². The second-order valence-corrected chi connectivity index (χ2v) is 7.80. The van der Waals surface area contributed by atoms with Crippen molar-refractivity contribution in [2.75, 3.05) is 13.1 Å². The van der Waals surface area contributed by atoms with Crippen molar-refractivity contribution in [1.29, 1.82) is 0 Å². The Morgan fingerprint density at radius 3 is 2.86 bits per heavy atom. The third-order valence-corrected chi connectivity index (χ3v) is 5.55. The van der Waals surface area contributed by atoms with Gasteiger partial charge in [0.25, 0.3) is 0 Å². The first kappa shape index (κ1) is 16.1. The molecule has 22 heavy (non-hydrogen) atoms. The van der Waals surface area contributed by atoms with E-state index >= 15 is 0 Å². The Morgan fingerprint density at radius 2 is 2.09 bits per heavy atom. The smallest absolute Gasteiger partial charge is 0.127 e. The second-order valence-electron chi connectivity index (χ2n) is 7.80. The lowest BCUT2D eigenvalue weighted by Crippen LogP contribution is -2.30. The van der Waals surface area contributed by atoms with Gasteiger partial charge in [0.1, 0.15) is 11.4 Å². The number of para-hydroxylation sites is 1. The van der Waals surface area contributed by atoms with Crippen LogP contribution < -0.4 is 10.5 Å². The number of hydrogen-bond donors (Lipinski definition) is 1. The Balaban J connectivity index is 0.00000144. The lowest BCUT2D eigenvalue weighted by Gasteiger charge is -2.21. The number of nitrogens with two attached hydrogens (primary N) is 1. The molecule has 3 unspecified atom stereocenters. The molecule has 1 aliphatic carbocycles. The molecule has 0 amide bonds. The summed E-state index contributed by atoms with van der Waals surface area (Å²) in [5.74, 6) is 2.69.